The monoisotopic (exact) mass is 337 g/mol. The summed E-state index contributed by atoms with van der Waals surface area (Å²) in [4.78, 5) is 22.5. The van der Waals surface area contributed by atoms with Crippen molar-refractivity contribution in [2.45, 2.75) is 45.6 Å². The number of aryl methyl sites for hydroxylation is 1. The summed E-state index contributed by atoms with van der Waals surface area (Å²) < 4.78 is 15.0. The molecule has 6 heteroatoms. The SMILES string of the molecule is COC(=O)COc1ccc(CCCCNC(=O)OC(C)(C)C)cc1. The fourth-order valence-electron chi connectivity index (χ4n) is 1.91. The van der Waals surface area contributed by atoms with E-state index < -0.39 is 11.6 Å². The van der Waals surface area contributed by atoms with Crippen LogP contribution >= 0.6 is 0 Å². The van der Waals surface area contributed by atoms with Gasteiger partial charge in [-0.2, -0.15) is 0 Å². The standard InChI is InChI=1S/C18H27NO5/c1-18(2,3)24-17(21)19-12-6-5-7-14-8-10-15(11-9-14)23-13-16(20)22-4/h8-11H,5-7,12-13H2,1-4H3,(H,19,21). The van der Waals surface area contributed by atoms with E-state index in [2.05, 4.69) is 10.1 Å². The molecule has 0 radical (unpaired) electrons. The van der Waals surface area contributed by atoms with Gasteiger partial charge >= 0.3 is 12.1 Å². The minimum atomic E-state index is -0.470. The van der Waals surface area contributed by atoms with E-state index in [1.54, 1.807) is 0 Å². The number of rotatable bonds is 8. The predicted molar refractivity (Wildman–Crippen MR) is 91.1 cm³/mol. The first-order chi connectivity index (χ1) is 11.3. The molecule has 1 aromatic rings. The average molecular weight is 337 g/mol. The number of carbonyl (C=O) groups excluding carboxylic acids is 2. The molecule has 134 valence electrons. The van der Waals surface area contributed by atoms with Crippen LogP contribution in [0.3, 0.4) is 0 Å². The van der Waals surface area contributed by atoms with Gasteiger partial charge in [0.2, 0.25) is 0 Å². The van der Waals surface area contributed by atoms with Gasteiger partial charge in [0.15, 0.2) is 6.61 Å². The smallest absolute Gasteiger partial charge is 0.407 e. The molecule has 0 aromatic heterocycles. The summed E-state index contributed by atoms with van der Waals surface area (Å²) in [6.45, 7) is 6.02. The fraction of sp³-hybridized carbons (Fsp3) is 0.556. The quantitative estimate of drug-likeness (QED) is 0.583. The van der Waals surface area contributed by atoms with E-state index in [1.165, 1.54) is 12.7 Å². The Labute approximate surface area is 143 Å². The van der Waals surface area contributed by atoms with Crippen LogP contribution < -0.4 is 10.1 Å². The Morgan fingerprint density at radius 2 is 1.75 bits per heavy atom. The van der Waals surface area contributed by atoms with Gasteiger partial charge in [-0.3, -0.25) is 0 Å². The molecule has 0 bridgehead atoms. The highest BCUT2D eigenvalue weighted by Crippen LogP contribution is 2.14. The molecule has 0 heterocycles. The van der Waals surface area contributed by atoms with Gasteiger partial charge in [0, 0.05) is 6.54 Å². The van der Waals surface area contributed by atoms with Crippen LogP contribution in [0.2, 0.25) is 0 Å². The maximum atomic E-state index is 11.5. The number of benzene rings is 1. The summed E-state index contributed by atoms with van der Waals surface area (Å²) in [5, 5.41) is 2.74. The molecule has 0 aliphatic heterocycles. The van der Waals surface area contributed by atoms with Gasteiger partial charge in [-0.05, 0) is 57.7 Å². The zero-order valence-corrected chi connectivity index (χ0v) is 14.9. The lowest BCUT2D eigenvalue weighted by Gasteiger charge is -2.19. The average Bonchev–Trinajstić information content (AvgIpc) is 2.51. The molecule has 6 nitrogen and oxygen atoms in total. The summed E-state index contributed by atoms with van der Waals surface area (Å²) in [5.41, 5.74) is 0.708. The van der Waals surface area contributed by atoms with Crippen LogP contribution in [0.1, 0.15) is 39.2 Å². The summed E-state index contributed by atoms with van der Waals surface area (Å²) in [5.74, 6) is 0.229. The minimum Gasteiger partial charge on any atom is -0.482 e. The Balaban J connectivity index is 2.19. The van der Waals surface area contributed by atoms with Crippen molar-refractivity contribution in [2.75, 3.05) is 20.3 Å². The summed E-state index contributed by atoms with van der Waals surface area (Å²) in [6, 6.07) is 7.59. The lowest BCUT2D eigenvalue weighted by molar-refractivity contribution is -0.142. The third kappa shape index (κ3) is 9.02. The van der Waals surface area contributed by atoms with Crippen molar-refractivity contribution in [1.29, 1.82) is 0 Å². The number of esters is 1. The van der Waals surface area contributed by atoms with Crippen molar-refractivity contribution in [3.63, 3.8) is 0 Å². The maximum absolute atomic E-state index is 11.5. The van der Waals surface area contributed by atoms with Crippen LogP contribution in [0.4, 0.5) is 4.79 Å². The number of nitrogens with one attached hydrogen (secondary N) is 1. The Kier molecular flexibility index (Phi) is 8.09. The molecule has 1 aromatic carbocycles. The van der Waals surface area contributed by atoms with E-state index >= 15 is 0 Å². The van der Waals surface area contributed by atoms with Crippen LogP contribution in [0, 0.1) is 0 Å². The molecular weight excluding hydrogens is 310 g/mol. The van der Waals surface area contributed by atoms with Crippen LogP contribution in [-0.4, -0.2) is 37.9 Å². The molecule has 24 heavy (non-hydrogen) atoms. The first-order valence-electron chi connectivity index (χ1n) is 8.05. The van der Waals surface area contributed by atoms with Crippen molar-refractivity contribution in [1.82, 2.24) is 5.32 Å². The normalized spacial score (nSPS) is 10.8. The van der Waals surface area contributed by atoms with Crippen LogP contribution in [0.15, 0.2) is 24.3 Å². The Morgan fingerprint density at radius 3 is 2.33 bits per heavy atom. The molecule has 1 N–H and O–H groups in total. The zero-order valence-electron chi connectivity index (χ0n) is 14.9. The zero-order chi connectivity index (χ0) is 18.0. The molecule has 0 saturated carbocycles. The molecule has 0 unspecified atom stereocenters. The molecule has 0 saturated heterocycles. The lowest BCUT2D eigenvalue weighted by Crippen LogP contribution is -2.33. The first-order valence-corrected chi connectivity index (χ1v) is 8.05. The maximum Gasteiger partial charge on any atom is 0.407 e. The molecule has 0 aliphatic rings. The first kappa shape index (κ1) is 19.8. The van der Waals surface area contributed by atoms with Gasteiger partial charge < -0.3 is 19.5 Å². The number of hydrogen-bond donors (Lipinski definition) is 1. The van der Waals surface area contributed by atoms with E-state index in [0.717, 1.165) is 19.3 Å². The Hall–Kier alpha value is -2.24. The van der Waals surface area contributed by atoms with Crippen molar-refractivity contribution >= 4 is 12.1 Å². The molecule has 1 rings (SSSR count). The number of hydrogen-bond acceptors (Lipinski definition) is 5. The minimum absolute atomic E-state index is 0.0911. The number of alkyl carbamates (subject to hydrolysis) is 1. The van der Waals surface area contributed by atoms with Gasteiger partial charge in [0.25, 0.3) is 0 Å². The van der Waals surface area contributed by atoms with Crippen molar-refractivity contribution in [2.24, 2.45) is 0 Å². The van der Waals surface area contributed by atoms with E-state index in [4.69, 9.17) is 9.47 Å². The molecule has 0 aliphatic carbocycles. The van der Waals surface area contributed by atoms with E-state index in [1.807, 2.05) is 45.0 Å². The Bertz CT molecular complexity index is 519. The van der Waals surface area contributed by atoms with E-state index in [-0.39, 0.29) is 12.7 Å². The third-order valence-corrected chi connectivity index (χ3v) is 3.07. The van der Waals surface area contributed by atoms with Gasteiger partial charge in [0.05, 0.1) is 7.11 Å². The van der Waals surface area contributed by atoms with Gasteiger partial charge in [-0.1, -0.05) is 12.1 Å². The molecule has 0 spiro atoms. The Morgan fingerprint density at radius 1 is 1.08 bits per heavy atom. The fourth-order valence-corrected chi connectivity index (χ4v) is 1.91. The van der Waals surface area contributed by atoms with Crippen LogP contribution in [0.5, 0.6) is 5.75 Å². The second-order valence-corrected chi connectivity index (χ2v) is 6.39. The van der Waals surface area contributed by atoms with Gasteiger partial charge in [-0.15, -0.1) is 0 Å². The van der Waals surface area contributed by atoms with Gasteiger partial charge in [0.1, 0.15) is 11.4 Å². The van der Waals surface area contributed by atoms with Crippen LogP contribution in [-0.2, 0) is 20.7 Å². The highest BCUT2D eigenvalue weighted by atomic mass is 16.6. The highest BCUT2D eigenvalue weighted by Gasteiger charge is 2.15. The molecular formula is C18H27NO5. The molecule has 0 fully saturated rings. The van der Waals surface area contributed by atoms with Crippen molar-refractivity contribution in [3.8, 4) is 5.75 Å². The van der Waals surface area contributed by atoms with Crippen molar-refractivity contribution in [3.05, 3.63) is 29.8 Å². The lowest BCUT2D eigenvalue weighted by atomic mass is 10.1. The largest absolute Gasteiger partial charge is 0.482 e. The number of methoxy groups -OCH3 is 1. The number of carbonyl (C=O) groups is 2. The molecule has 0 atom stereocenters. The number of amides is 1. The predicted octanol–water partition coefficient (Wildman–Crippen LogP) is 3.09. The second kappa shape index (κ2) is 9.80. The summed E-state index contributed by atoms with van der Waals surface area (Å²) in [7, 11) is 1.33. The number of unbranched alkanes of at least 4 members (excludes halogenated alkanes) is 1. The molecule has 1 amide bonds. The second-order valence-electron chi connectivity index (χ2n) is 6.39. The van der Waals surface area contributed by atoms with E-state index in [9.17, 15) is 9.59 Å². The van der Waals surface area contributed by atoms with Crippen molar-refractivity contribution < 1.29 is 23.8 Å². The topological polar surface area (TPSA) is 73.9 Å². The summed E-state index contributed by atoms with van der Waals surface area (Å²) >= 11 is 0. The summed E-state index contributed by atoms with van der Waals surface area (Å²) in [6.07, 6.45) is 2.36. The number of ether oxygens (including phenoxy) is 3. The van der Waals surface area contributed by atoms with E-state index in [0.29, 0.717) is 12.3 Å². The highest BCUT2D eigenvalue weighted by molar-refractivity contribution is 5.70. The van der Waals surface area contributed by atoms with Crippen LogP contribution in [0.25, 0.3) is 0 Å². The van der Waals surface area contributed by atoms with Gasteiger partial charge in [-0.25, -0.2) is 9.59 Å². The third-order valence-electron chi connectivity index (χ3n) is 3.07.